The van der Waals surface area contributed by atoms with Crippen molar-refractivity contribution in [1.82, 2.24) is 10.6 Å². The first-order chi connectivity index (χ1) is 17.2. The van der Waals surface area contributed by atoms with E-state index in [1.165, 1.54) is 32.1 Å². The number of carbonyl (C=O) groups excluding carboxylic acids is 2. The number of nitrogen functional groups attached to an aromatic ring is 1. The number of nitrogens with one attached hydrogen (secondary N) is 4. The molecule has 8 heteroatoms. The molecule has 0 radical (unpaired) electrons. The van der Waals surface area contributed by atoms with Crippen LogP contribution < -0.4 is 27.0 Å². The van der Waals surface area contributed by atoms with Crippen LogP contribution in [0.3, 0.4) is 0 Å². The Bertz CT molecular complexity index is 1140. The Morgan fingerprint density at radius 3 is 2.44 bits per heavy atom. The lowest BCUT2D eigenvalue weighted by Crippen LogP contribution is -2.30. The lowest BCUT2D eigenvalue weighted by Gasteiger charge is -2.21. The second-order valence-electron chi connectivity index (χ2n) is 10.3. The predicted molar refractivity (Wildman–Crippen MR) is 154 cm³/mol. The van der Waals surface area contributed by atoms with Crippen molar-refractivity contribution in [1.29, 1.82) is 0 Å². The molecule has 0 heterocycles. The van der Waals surface area contributed by atoms with E-state index in [1.807, 2.05) is 25.1 Å². The number of benzene rings is 2. The highest BCUT2D eigenvalue weighted by atomic mass is 127. The number of rotatable bonds is 10. The van der Waals surface area contributed by atoms with Crippen LogP contribution in [0.2, 0.25) is 0 Å². The number of hydrogen-bond acceptors (Lipinski definition) is 5. The molecule has 2 saturated carbocycles. The molecule has 36 heavy (non-hydrogen) atoms. The van der Waals surface area contributed by atoms with Gasteiger partial charge in [0.25, 0.3) is 5.91 Å². The fourth-order valence-corrected chi connectivity index (χ4v) is 4.96. The Hall–Kier alpha value is -2.75. The zero-order chi connectivity index (χ0) is 25.7. The fraction of sp³-hybridized carbons (Fsp3) is 0.429. The predicted octanol–water partition coefficient (Wildman–Crippen LogP) is 5.60. The third-order valence-electron chi connectivity index (χ3n) is 7.19. The van der Waals surface area contributed by atoms with Crippen LogP contribution in [0.5, 0.6) is 0 Å². The van der Waals surface area contributed by atoms with Crippen molar-refractivity contribution in [3.63, 3.8) is 0 Å². The molecule has 0 bridgehead atoms. The first kappa shape index (κ1) is 26.3. The second kappa shape index (κ2) is 11.5. The third kappa shape index (κ3) is 6.93. The summed E-state index contributed by atoms with van der Waals surface area (Å²) in [6, 6.07) is 11.3. The molecular formula is C28H36IN5O2. The molecule has 0 atom stereocenters. The van der Waals surface area contributed by atoms with Crippen molar-refractivity contribution in [2.24, 2.45) is 11.3 Å². The van der Waals surface area contributed by atoms with Crippen LogP contribution in [0.4, 0.5) is 17.1 Å². The Labute approximate surface area is 227 Å². The fourth-order valence-electron chi connectivity index (χ4n) is 4.49. The Morgan fingerprint density at radius 2 is 1.75 bits per heavy atom. The minimum absolute atomic E-state index is 0.0927. The van der Waals surface area contributed by atoms with Crippen molar-refractivity contribution in [3.8, 4) is 0 Å². The molecule has 2 aliphatic carbocycles. The van der Waals surface area contributed by atoms with E-state index in [4.69, 9.17) is 5.73 Å². The second-order valence-corrected chi connectivity index (χ2v) is 11.5. The molecule has 0 spiro atoms. The van der Waals surface area contributed by atoms with E-state index >= 15 is 0 Å². The van der Waals surface area contributed by atoms with Crippen LogP contribution in [-0.2, 0) is 11.3 Å². The van der Waals surface area contributed by atoms with E-state index in [-0.39, 0.29) is 17.2 Å². The average Bonchev–Trinajstić information content (AvgIpc) is 3.63. The molecule has 2 amide bonds. The van der Waals surface area contributed by atoms with Crippen molar-refractivity contribution in [3.05, 3.63) is 63.5 Å². The van der Waals surface area contributed by atoms with E-state index in [0.29, 0.717) is 35.2 Å². The van der Waals surface area contributed by atoms with E-state index in [2.05, 4.69) is 50.4 Å². The topological polar surface area (TPSA) is 108 Å². The molecule has 4 rings (SSSR count). The molecule has 2 aliphatic rings. The lowest BCUT2D eigenvalue weighted by atomic mass is 9.89. The average molecular weight is 602 g/mol. The molecule has 7 nitrogen and oxygen atoms in total. The van der Waals surface area contributed by atoms with Crippen LogP contribution in [0, 0.1) is 14.9 Å². The minimum atomic E-state index is -0.186. The molecule has 192 valence electrons. The molecule has 0 saturated heterocycles. The molecular weight excluding hydrogens is 565 g/mol. The Balaban J connectivity index is 1.31. The normalized spacial score (nSPS) is 16.6. The molecule has 0 aliphatic heterocycles. The van der Waals surface area contributed by atoms with Gasteiger partial charge in [-0.05, 0) is 90.1 Å². The Kier molecular flexibility index (Phi) is 8.43. The van der Waals surface area contributed by atoms with Gasteiger partial charge in [-0.15, -0.1) is 0 Å². The van der Waals surface area contributed by atoms with Gasteiger partial charge in [0.15, 0.2) is 0 Å². The van der Waals surface area contributed by atoms with Gasteiger partial charge in [-0.3, -0.25) is 9.59 Å². The number of hydrogen-bond donors (Lipinski definition) is 5. The van der Waals surface area contributed by atoms with E-state index in [9.17, 15) is 9.59 Å². The van der Waals surface area contributed by atoms with E-state index in [1.54, 1.807) is 18.2 Å². The SMILES string of the molecule is C=C(Nc1ccc(C(=O)NCC2CCCCC2)cc1N)Nc1cc(CNC(=O)C2(C)CC2)ccc1I. The van der Waals surface area contributed by atoms with E-state index in [0.717, 1.165) is 34.2 Å². The summed E-state index contributed by atoms with van der Waals surface area (Å²) in [5.74, 6) is 1.16. The van der Waals surface area contributed by atoms with Gasteiger partial charge in [-0.1, -0.05) is 38.8 Å². The highest BCUT2D eigenvalue weighted by Gasteiger charge is 2.44. The zero-order valence-corrected chi connectivity index (χ0v) is 23.0. The summed E-state index contributed by atoms with van der Waals surface area (Å²) >= 11 is 2.26. The van der Waals surface area contributed by atoms with Gasteiger partial charge in [0.2, 0.25) is 5.91 Å². The molecule has 0 unspecified atom stereocenters. The number of amides is 2. The van der Waals surface area contributed by atoms with E-state index < -0.39 is 0 Å². The maximum atomic E-state index is 12.6. The van der Waals surface area contributed by atoms with Gasteiger partial charge in [0.05, 0.1) is 17.1 Å². The van der Waals surface area contributed by atoms with Crippen LogP contribution in [0.1, 0.15) is 67.8 Å². The van der Waals surface area contributed by atoms with Crippen LogP contribution in [0.15, 0.2) is 48.8 Å². The van der Waals surface area contributed by atoms with Crippen LogP contribution in [0.25, 0.3) is 0 Å². The van der Waals surface area contributed by atoms with Gasteiger partial charge < -0.3 is 27.0 Å². The summed E-state index contributed by atoms with van der Waals surface area (Å²) in [6.45, 7) is 7.29. The summed E-state index contributed by atoms with van der Waals surface area (Å²) in [7, 11) is 0. The highest BCUT2D eigenvalue weighted by Crippen LogP contribution is 2.45. The first-order valence-corrected chi connectivity index (χ1v) is 13.8. The minimum Gasteiger partial charge on any atom is -0.397 e. The van der Waals surface area contributed by atoms with Gasteiger partial charge in [-0.25, -0.2) is 0 Å². The number of anilines is 3. The summed E-state index contributed by atoms with van der Waals surface area (Å²) in [6.07, 6.45) is 8.11. The number of halogens is 1. The first-order valence-electron chi connectivity index (χ1n) is 12.7. The largest absolute Gasteiger partial charge is 0.397 e. The zero-order valence-electron chi connectivity index (χ0n) is 20.9. The highest BCUT2D eigenvalue weighted by molar-refractivity contribution is 14.1. The summed E-state index contributed by atoms with van der Waals surface area (Å²) in [5.41, 5.74) is 9.65. The van der Waals surface area contributed by atoms with Gasteiger partial charge >= 0.3 is 0 Å². The smallest absolute Gasteiger partial charge is 0.251 e. The molecule has 6 N–H and O–H groups in total. The van der Waals surface area contributed by atoms with Gasteiger partial charge in [-0.2, -0.15) is 0 Å². The quantitative estimate of drug-likeness (QED) is 0.180. The molecule has 0 aromatic heterocycles. The standard InChI is InChI=1S/C28H36IN5O2/c1-18(34-25-14-20(8-10-22(25)29)17-32-27(36)28(2)12-13-28)33-24-11-9-21(15-23(24)30)26(35)31-16-19-6-4-3-5-7-19/h8-11,14-15,19,33-34H,1,3-7,12-13,16-17,30H2,2H3,(H,31,35)(H,32,36). The summed E-state index contributed by atoms with van der Waals surface area (Å²) < 4.78 is 1.03. The molecule has 2 aromatic carbocycles. The number of carbonyl (C=O) groups is 2. The van der Waals surface area contributed by atoms with Gasteiger partial charge in [0.1, 0.15) is 5.82 Å². The van der Waals surface area contributed by atoms with Crippen molar-refractivity contribution >= 4 is 51.5 Å². The lowest BCUT2D eigenvalue weighted by molar-refractivity contribution is -0.125. The maximum Gasteiger partial charge on any atom is 0.251 e. The third-order valence-corrected chi connectivity index (χ3v) is 8.13. The monoisotopic (exact) mass is 601 g/mol. The van der Waals surface area contributed by atoms with Gasteiger partial charge in [0, 0.05) is 27.6 Å². The van der Waals surface area contributed by atoms with Crippen molar-refractivity contribution in [2.75, 3.05) is 22.9 Å². The van der Waals surface area contributed by atoms with Crippen LogP contribution in [-0.4, -0.2) is 18.4 Å². The Morgan fingerprint density at radius 1 is 1.03 bits per heavy atom. The summed E-state index contributed by atoms with van der Waals surface area (Å²) in [4.78, 5) is 24.8. The molecule has 2 fully saturated rings. The van der Waals surface area contributed by atoms with Crippen LogP contribution >= 0.6 is 22.6 Å². The maximum absolute atomic E-state index is 12.6. The number of nitrogens with two attached hydrogens (primary N) is 1. The summed E-state index contributed by atoms with van der Waals surface area (Å²) in [5, 5.41) is 12.6. The van der Waals surface area contributed by atoms with Crippen molar-refractivity contribution < 1.29 is 9.59 Å². The molecule has 2 aromatic rings. The van der Waals surface area contributed by atoms with Crippen molar-refractivity contribution in [2.45, 2.75) is 58.4 Å².